The van der Waals surface area contributed by atoms with Crippen LogP contribution in [0.5, 0.6) is 0 Å². The fourth-order valence-corrected chi connectivity index (χ4v) is 1.51. The van der Waals surface area contributed by atoms with Gasteiger partial charge in [-0.2, -0.15) is 0 Å². The monoisotopic (exact) mass is 192 g/mol. The lowest BCUT2D eigenvalue weighted by Gasteiger charge is -2.30. The van der Waals surface area contributed by atoms with Crippen LogP contribution in [-0.2, 0) is 0 Å². The molecule has 14 heavy (non-hydrogen) atoms. The number of hydrogen-bond acceptors (Lipinski definition) is 4. The van der Waals surface area contributed by atoms with Gasteiger partial charge < -0.3 is 16.0 Å². The molecule has 1 aromatic rings. The normalized spacial score (nSPS) is 16.3. The molecule has 4 nitrogen and oxygen atoms in total. The molecule has 3 N–H and O–H groups in total. The van der Waals surface area contributed by atoms with Crippen molar-refractivity contribution >= 4 is 11.4 Å². The van der Waals surface area contributed by atoms with Gasteiger partial charge >= 0.3 is 0 Å². The standard InChI is InChI=1S/C10H16N4/c11-9-2-3-12-8-10(9)13-4-7-14-5-1-6-14/h2-3,8,13H,1,4-7H2,(H2,11,12). The second kappa shape index (κ2) is 4.28. The highest BCUT2D eigenvalue weighted by molar-refractivity contribution is 5.63. The molecular weight excluding hydrogens is 176 g/mol. The summed E-state index contributed by atoms with van der Waals surface area (Å²) in [6, 6.07) is 1.81. The van der Waals surface area contributed by atoms with E-state index >= 15 is 0 Å². The minimum absolute atomic E-state index is 0.767. The van der Waals surface area contributed by atoms with Crippen LogP contribution in [0.25, 0.3) is 0 Å². The van der Waals surface area contributed by atoms with Crippen molar-refractivity contribution in [3.8, 4) is 0 Å². The van der Waals surface area contributed by atoms with Gasteiger partial charge in [0.15, 0.2) is 0 Å². The highest BCUT2D eigenvalue weighted by Gasteiger charge is 2.12. The molecule has 0 radical (unpaired) electrons. The van der Waals surface area contributed by atoms with E-state index in [9.17, 15) is 0 Å². The van der Waals surface area contributed by atoms with E-state index in [1.807, 2.05) is 6.07 Å². The fraction of sp³-hybridized carbons (Fsp3) is 0.500. The molecule has 0 aliphatic carbocycles. The van der Waals surface area contributed by atoms with Crippen molar-refractivity contribution < 1.29 is 0 Å². The van der Waals surface area contributed by atoms with Crippen molar-refractivity contribution in [2.45, 2.75) is 6.42 Å². The maximum absolute atomic E-state index is 5.77. The van der Waals surface area contributed by atoms with Gasteiger partial charge in [0.25, 0.3) is 0 Å². The summed E-state index contributed by atoms with van der Waals surface area (Å²) in [6.07, 6.45) is 4.82. The van der Waals surface area contributed by atoms with Crippen molar-refractivity contribution in [2.75, 3.05) is 37.2 Å². The zero-order valence-electron chi connectivity index (χ0n) is 8.24. The van der Waals surface area contributed by atoms with Gasteiger partial charge in [-0.1, -0.05) is 0 Å². The molecule has 1 saturated heterocycles. The van der Waals surface area contributed by atoms with E-state index in [1.165, 1.54) is 19.5 Å². The molecule has 76 valence electrons. The van der Waals surface area contributed by atoms with Gasteiger partial charge in [0, 0.05) is 19.3 Å². The SMILES string of the molecule is Nc1ccncc1NCCN1CCC1. The number of nitrogens with two attached hydrogens (primary N) is 1. The Morgan fingerprint density at radius 3 is 3.00 bits per heavy atom. The Morgan fingerprint density at radius 2 is 2.36 bits per heavy atom. The van der Waals surface area contributed by atoms with E-state index in [4.69, 9.17) is 5.73 Å². The zero-order valence-corrected chi connectivity index (χ0v) is 8.24. The van der Waals surface area contributed by atoms with Gasteiger partial charge in [-0.25, -0.2) is 0 Å². The fourth-order valence-electron chi connectivity index (χ4n) is 1.51. The van der Waals surface area contributed by atoms with Crippen LogP contribution in [0.1, 0.15) is 6.42 Å². The summed E-state index contributed by atoms with van der Waals surface area (Å²) in [7, 11) is 0. The van der Waals surface area contributed by atoms with Crippen LogP contribution in [0, 0.1) is 0 Å². The van der Waals surface area contributed by atoms with Crippen molar-refractivity contribution in [1.82, 2.24) is 9.88 Å². The van der Waals surface area contributed by atoms with Crippen molar-refractivity contribution in [1.29, 1.82) is 0 Å². The maximum Gasteiger partial charge on any atom is 0.0760 e. The topological polar surface area (TPSA) is 54.2 Å². The molecule has 1 aliphatic rings. The third-order valence-electron chi connectivity index (χ3n) is 2.55. The van der Waals surface area contributed by atoms with Crippen LogP contribution in [-0.4, -0.2) is 36.1 Å². The van der Waals surface area contributed by atoms with Crippen LogP contribution in [0.3, 0.4) is 0 Å². The lowest BCUT2D eigenvalue weighted by Crippen LogP contribution is -2.40. The minimum atomic E-state index is 0.767. The van der Waals surface area contributed by atoms with E-state index in [2.05, 4.69) is 15.2 Å². The van der Waals surface area contributed by atoms with E-state index in [-0.39, 0.29) is 0 Å². The van der Waals surface area contributed by atoms with Crippen LogP contribution in [0.2, 0.25) is 0 Å². The molecule has 1 fully saturated rings. The van der Waals surface area contributed by atoms with E-state index in [1.54, 1.807) is 12.4 Å². The average Bonchev–Trinajstić information content (AvgIpc) is 2.12. The first-order valence-corrected chi connectivity index (χ1v) is 5.02. The summed E-state index contributed by atoms with van der Waals surface area (Å²) in [4.78, 5) is 6.44. The first kappa shape index (κ1) is 9.27. The minimum Gasteiger partial charge on any atom is -0.397 e. The maximum atomic E-state index is 5.77. The van der Waals surface area contributed by atoms with Crippen LogP contribution in [0.15, 0.2) is 18.5 Å². The highest BCUT2D eigenvalue weighted by atomic mass is 15.2. The molecule has 0 spiro atoms. The molecule has 0 atom stereocenters. The largest absolute Gasteiger partial charge is 0.397 e. The van der Waals surface area contributed by atoms with Gasteiger partial charge in [0.05, 0.1) is 17.6 Å². The summed E-state index contributed by atoms with van der Waals surface area (Å²) >= 11 is 0. The average molecular weight is 192 g/mol. The van der Waals surface area contributed by atoms with Gasteiger partial charge in [-0.05, 0) is 25.6 Å². The van der Waals surface area contributed by atoms with E-state index < -0.39 is 0 Å². The molecule has 0 unspecified atom stereocenters. The number of nitrogens with zero attached hydrogens (tertiary/aromatic N) is 2. The predicted octanol–water partition coefficient (Wildman–Crippen LogP) is 0.781. The molecule has 4 heteroatoms. The lowest BCUT2D eigenvalue weighted by atomic mass is 10.2. The summed E-state index contributed by atoms with van der Waals surface area (Å²) < 4.78 is 0. The van der Waals surface area contributed by atoms with Crippen molar-refractivity contribution in [2.24, 2.45) is 0 Å². The quantitative estimate of drug-likeness (QED) is 0.740. The molecule has 0 saturated carbocycles. The van der Waals surface area contributed by atoms with Crippen LogP contribution in [0.4, 0.5) is 11.4 Å². The van der Waals surface area contributed by atoms with Crippen LogP contribution < -0.4 is 11.1 Å². The summed E-state index contributed by atoms with van der Waals surface area (Å²) in [6.45, 7) is 4.51. The van der Waals surface area contributed by atoms with Gasteiger partial charge in [0.2, 0.25) is 0 Å². The second-order valence-corrected chi connectivity index (χ2v) is 3.58. The highest BCUT2D eigenvalue weighted by Crippen LogP contribution is 2.14. The van der Waals surface area contributed by atoms with Gasteiger partial charge in [0.1, 0.15) is 0 Å². The van der Waals surface area contributed by atoms with Crippen molar-refractivity contribution in [3.63, 3.8) is 0 Å². The number of anilines is 2. The third-order valence-corrected chi connectivity index (χ3v) is 2.55. The van der Waals surface area contributed by atoms with E-state index in [0.29, 0.717) is 0 Å². The molecule has 1 aliphatic heterocycles. The Bertz CT molecular complexity index is 296. The Kier molecular flexibility index (Phi) is 2.84. The molecule has 2 rings (SSSR count). The zero-order chi connectivity index (χ0) is 9.80. The molecule has 0 aromatic carbocycles. The first-order valence-electron chi connectivity index (χ1n) is 5.02. The van der Waals surface area contributed by atoms with E-state index in [0.717, 1.165) is 24.5 Å². The lowest BCUT2D eigenvalue weighted by molar-refractivity contribution is 0.189. The Hall–Kier alpha value is -1.29. The summed E-state index contributed by atoms with van der Waals surface area (Å²) in [5.74, 6) is 0. The number of hydrogen-bond donors (Lipinski definition) is 2. The number of rotatable bonds is 4. The summed E-state index contributed by atoms with van der Waals surface area (Å²) in [5.41, 5.74) is 7.47. The number of aromatic nitrogens is 1. The van der Waals surface area contributed by atoms with Gasteiger partial charge in [-0.3, -0.25) is 4.98 Å². The number of likely N-dealkylation sites (tertiary alicyclic amines) is 1. The molecular formula is C10H16N4. The number of pyridine rings is 1. The molecule has 1 aromatic heterocycles. The predicted molar refractivity (Wildman–Crippen MR) is 58.2 cm³/mol. The Morgan fingerprint density at radius 1 is 1.50 bits per heavy atom. The smallest absolute Gasteiger partial charge is 0.0760 e. The second-order valence-electron chi connectivity index (χ2n) is 3.58. The number of nitrogen functional groups attached to an aromatic ring is 1. The Balaban J connectivity index is 1.76. The first-order chi connectivity index (χ1) is 6.86. The Labute approximate surface area is 84.1 Å². The third kappa shape index (κ3) is 2.14. The van der Waals surface area contributed by atoms with Crippen molar-refractivity contribution in [3.05, 3.63) is 18.5 Å². The molecule has 0 bridgehead atoms. The molecule has 0 amide bonds. The summed E-state index contributed by atoms with van der Waals surface area (Å²) in [5, 5.41) is 3.28. The molecule has 2 heterocycles. The van der Waals surface area contributed by atoms with Gasteiger partial charge in [-0.15, -0.1) is 0 Å². The van der Waals surface area contributed by atoms with Crippen LogP contribution >= 0.6 is 0 Å². The number of nitrogens with one attached hydrogen (secondary N) is 1.